The first-order chi connectivity index (χ1) is 10.5. The van der Waals surface area contributed by atoms with Crippen LogP contribution in [0.3, 0.4) is 0 Å². The third-order valence-electron chi connectivity index (χ3n) is 6.89. The summed E-state index contributed by atoms with van der Waals surface area (Å²) in [6, 6.07) is 3.68. The predicted octanol–water partition coefficient (Wildman–Crippen LogP) is 3.74. The predicted molar refractivity (Wildman–Crippen MR) is 85.9 cm³/mol. The molecule has 1 aromatic carbocycles. The van der Waals surface area contributed by atoms with Gasteiger partial charge in [-0.05, 0) is 85.0 Å². The molecule has 0 aromatic heterocycles. The van der Waals surface area contributed by atoms with Crippen molar-refractivity contribution in [2.75, 3.05) is 0 Å². The molecule has 3 nitrogen and oxygen atoms in total. The fourth-order valence-electron chi connectivity index (χ4n) is 5.80. The maximum Gasteiger partial charge on any atom is 0.252 e. The van der Waals surface area contributed by atoms with Crippen molar-refractivity contribution in [2.24, 2.45) is 23.0 Å². The summed E-state index contributed by atoms with van der Waals surface area (Å²) in [5.41, 5.74) is 8.71. The number of fused-ring (bicyclic) bond motifs is 5. The number of amides is 1. The van der Waals surface area contributed by atoms with Crippen LogP contribution < -0.4 is 5.73 Å². The first kappa shape index (κ1) is 14.1. The van der Waals surface area contributed by atoms with E-state index in [0.717, 1.165) is 18.3 Å². The summed E-state index contributed by atoms with van der Waals surface area (Å²) in [6.45, 7) is 2.49. The number of hydrogen-bond donors (Lipinski definition) is 2. The SMILES string of the molecule is C[C@@]12CCC[C@H]1[C@@H]1CCc3cc(C(N)=O)c(O)cc3[C@H]1CC2. The minimum atomic E-state index is -0.533. The van der Waals surface area contributed by atoms with Gasteiger partial charge in [0, 0.05) is 0 Å². The lowest BCUT2D eigenvalue weighted by molar-refractivity contribution is 0.0597. The topological polar surface area (TPSA) is 63.3 Å². The molecule has 3 aliphatic carbocycles. The van der Waals surface area contributed by atoms with E-state index >= 15 is 0 Å². The Labute approximate surface area is 131 Å². The summed E-state index contributed by atoms with van der Waals surface area (Å²) in [7, 11) is 0. The molecule has 4 rings (SSSR count). The van der Waals surface area contributed by atoms with Crippen molar-refractivity contribution in [3.63, 3.8) is 0 Å². The summed E-state index contributed by atoms with van der Waals surface area (Å²) in [4.78, 5) is 11.4. The zero-order valence-corrected chi connectivity index (χ0v) is 13.3. The molecule has 1 amide bonds. The fraction of sp³-hybridized carbons (Fsp3) is 0.632. The fourth-order valence-corrected chi connectivity index (χ4v) is 5.80. The Hall–Kier alpha value is -1.51. The smallest absolute Gasteiger partial charge is 0.252 e. The molecule has 2 saturated carbocycles. The van der Waals surface area contributed by atoms with Crippen molar-refractivity contribution in [1.82, 2.24) is 0 Å². The number of rotatable bonds is 1. The van der Waals surface area contributed by atoms with E-state index < -0.39 is 5.91 Å². The van der Waals surface area contributed by atoms with Gasteiger partial charge in [-0.25, -0.2) is 0 Å². The standard InChI is InChI=1S/C19H25NO2/c1-19-7-2-3-16(19)13-5-4-11-9-15(18(20)22)17(21)10-14(11)12(13)6-8-19/h9-10,12-13,16,21H,2-8H2,1H3,(H2,20,22)/t12-,13+,16-,19-/m0/s1. The van der Waals surface area contributed by atoms with Crippen LogP contribution in [0.15, 0.2) is 12.1 Å². The van der Waals surface area contributed by atoms with Gasteiger partial charge in [0.1, 0.15) is 5.75 Å². The second-order valence-electron chi connectivity index (χ2n) is 7.93. The summed E-state index contributed by atoms with van der Waals surface area (Å²) in [6.07, 6.45) is 8.90. The lowest BCUT2D eigenvalue weighted by Crippen LogP contribution is -2.39. The number of phenols is 1. The normalized spacial score (nSPS) is 36.3. The second kappa shape index (κ2) is 4.74. The highest BCUT2D eigenvalue weighted by Gasteiger charge is 2.50. The summed E-state index contributed by atoms with van der Waals surface area (Å²) in [5.74, 6) is 1.69. The zero-order chi connectivity index (χ0) is 15.5. The van der Waals surface area contributed by atoms with Gasteiger partial charge in [-0.3, -0.25) is 4.79 Å². The van der Waals surface area contributed by atoms with E-state index in [4.69, 9.17) is 5.73 Å². The molecule has 2 fully saturated rings. The van der Waals surface area contributed by atoms with Gasteiger partial charge in [0.2, 0.25) is 0 Å². The maximum atomic E-state index is 11.4. The van der Waals surface area contributed by atoms with Crippen molar-refractivity contribution in [3.05, 3.63) is 28.8 Å². The number of nitrogens with two attached hydrogens (primary N) is 1. The Balaban J connectivity index is 1.73. The van der Waals surface area contributed by atoms with Gasteiger partial charge in [0.15, 0.2) is 0 Å². The number of hydrogen-bond acceptors (Lipinski definition) is 2. The Morgan fingerprint density at radius 2 is 2.09 bits per heavy atom. The molecule has 0 heterocycles. The van der Waals surface area contributed by atoms with Crippen LogP contribution >= 0.6 is 0 Å². The molecule has 3 N–H and O–H groups in total. The average molecular weight is 299 g/mol. The van der Waals surface area contributed by atoms with Gasteiger partial charge in [0.25, 0.3) is 5.91 Å². The van der Waals surface area contributed by atoms with E-state index in [0.29, 0.717) is 11.3 Å². The molecule has 4 atom stereocenters. The third kappa shape index (κ3) is 1.90. The molecule has 3 aliphatic rings. The molecule has 0 bridgehead atoms. The van der Waals surface area contributed by atoms with E-state index in [1.165, 1.54) is 49.7 Å². The quantitative estimate of drug-likeness (QED) is 0.829. The summed E-state index contributed by atoms with van der Waals surface area (Å²) >= 11 is 0. The Kier molecular flexibility index (Phi) is 3.04. The van der Waals surface area contributed by atoms with Crippen LogP contribution in [-0.2, 0) is 6.42 Å². The molecule has 0 aliphatic heterocycles. The van der Waals surface area contributed by atoms with Crippen LogP contribution in [0.4, 0.5) is 0 Å². The zero-order valence-electron chi connectivity index (χ0n) is 13.3. The molecule has 1 aromatic rings. The maximum absolute atomic E-state index is 11.4. The van der Waals surface area contributed by atoms with Crippen molar-refractivity contribution in [1.29, 1.82) is 0 Å². The second-order valence-corrected chi connectivity index (χ2v) is 7.93. The number of carbonyl (C=O) groups is 1. The Bertz CT molecular complexity index is 639. The molecule has 0 spiro atoms. The van der Waals surface area contributed by atoms with Crippen LogP contribution in [0.25, 0.3) is 0 Å². The minimum absolute atomic E-state index is 0.0617. The van der Waals surface area contributed by atoms with Crippen LogP contribution in [0, 0.1) is 17.3 Å². The van der Waals surface area contributed by atoms with Crippen molar-refractivity contribution >= 4 is 5.91 Å². The van der Waals surface area contributed by atoms with Gasteiger partial charge in [0.05, 0.1) is 5.56 Å². The Morgan fingerprint density at radius 3 is 2.86 bits per heavy atom. The van der Waals surface area contributed by atoms with Gasteiger partial charge >= 0.3 is 0 Å². The highest BCUT2D eigenvalue weighted by molar-refractivity contribution is 5.95. The van der Waals surface area contributed by atoms with Gasteiger partial charge in [-0.15, -0.1) is 0 Å². The van der Waals surface area contributed by atoms with Crippen LogP contribution in [0.1, 0.15) is 72.9 Å². The van der Waals surface area contributed by atoms with E-state index in [9.17, 15) is 9.90 Å². The molecule has 0 saturated heterocycles. The third-order valence-corrected chi connectivity index (χ3v) is 6.89. The molecular weight excluding hydrogens is 274 g/mol. The highest BCUT2D eigenvalue weighted by Crippen LogP contribution is 2.61. The number of benzene rings is 1. The molecular formula is C19H25NO2. The highest BCUT2D eigenvalue weighted by atomic mass is 16.3. The number of aryl methyl sites for hydroxylation is 1. The minimum Gasteiger partial charge on any atom is -0.507 e. The number of primary amides is 1. The molecule has 22 heavy (non-hydrogen) atoms. The van der Waals surface area contributed by atoms with Gasteiger partial charge in [-0.2, -0.15) is 0 Å². The Morgan fingerprint density at radius 1 is 1.27 bits per heavy atom. The number of aromatic hydroxyl groups is 1. The average Bonchev–Trinajstić information content (AvgIpc) is 2.88. The van der Waals surface area contributed by atoms with Crippen LogP contribution in [0.5, 0.6) is 5.75 Å². The largest absolute Gasteiger partial charge is 0.507 e. The first-order valence-corrected chi connectivity index (χ1v) is 8.65. The van der Waals surface area contributed by atoms with Crippen LogP contribution in [-0.4, -0.2) is 11.0 Å². The van der Waals surface area contributed by atoms with Gasteiger partial charge < -0.3 is 10.8 Å². The van der Waals surface area contributed by atoms with E-state index in [-0.39, 0.29) is 11.3 Å². The molecule has 3 heteroatoms. The van der Waals surface area contributed by atoms with Crippen molar-refractivity contribution < 1.29 is 9.90 Å². The van der Waals surface area contributed by atoms with E-state index in [2.05, 4.69) is 6.92 Å². The van der Waals surface area contributed by atoms with Gasteiger partial charge in [-0.1, -0.05) is 13.3 Å². The lowest BCUT2D eigenvalue weighted by atomic mass is 9.56. The van der Waals surface area contributed by atoms with E-state index in [1.54, 1.807) is 0 Å². The molecule has 118 valence electrons. The van der Waals surface area contributed by atoms with Crippen LogP contribution in [0.2, 0.25) is 0 Å². The lowest BCUT2D eigenvalue weighted by Gasteiger charge is -2.49. The summed E-state index contributed by atoms with van der Waals surface area (Å²) < 4.78 is 0. The monoisotopic (exact) mass is 299 g/mol. The number of carbonyl (C=O) groups excluding carboxylic acids is 1. The molecule has 0 unspecified atom stereocenters. The van der Waals surface area contributed by atoms with Crippen molar-refractivity contribution in [2.45, 2.75) is 57.8 Å². The summed E-state index contributed by atoms with van der Waals surface area (Å²) in [5, 5.41) is 10.2. The first-order valence-electron chi connectivity index (χ1n) is 8.65. The van der Waals surface area contributed by atoms with Crippen molar-refractivity contribution in [3.8, 4) is 5.75 Å². The van der Waals surface area contributed by atoms with E-state index in [1.807, 2.05) is 12.1 Å². The molecule has 0 radical (unpaired) electrons.